The first-order valence-corrected chi connectivity index (χ1v) is 20.2. The fourth-order valence-corrected chi connectivity index (χ4v) is 5.04. The molecule has 0 aromatic heterocycles. The molecule has 1 atom stereocenters. The molecule has 0 saturated carbocycles. The van der Waals surface area contributed by atoms with Crippen LogP contribution in [0.1, 0.15) is 182 Å². The molecule has 0 fully saturated rings. The van der Waals surface area contributed by atoms with Crippen LogP contribution in [0.3, 0.4) is 0 Å². The summed E-state index contributed by atoms with van der Waals surface area (Å²) >= 11 is 3.92. The molecular weight excluding hydrogens is 621 g/mol. The van der Waals surface area contributed by atoms with E-state index in [2.05, 4.69) is 40.3 Å². The quantitative estimate of drug-likeness (QED) is 0.0407. The minimum absolute atomic E-state index is 0.0919. The molecule has 6 nitrogen and oxygen atoms in total. The summed E-state index contributed by atoms with van der Waals surface area (Å²) in [5, 5.41) is 0. The van der Waals surface area contributed by atoms with E-state index in [0.717, 1.165) is 69.1 Å². The minimum Gasteiger partial charge on any atom is -0.466 e. The van der Waals surface area contributed by atoms with Crippen molar-refractivity contribution in [3.05, 3.63) is 29.8 Å². The van der Waals surface area contributed by atoms with Gasteiger partial charge >= 0.3 is 17.9 Å². The normalized spacial score (nSPS) is 11.0. The predicted molar refractivity (Wildman–Crippen MR) is 206 cm³/mol. The average molecular weight is 695 g/mol. The summed E-state index contributed by atoms with van der Waals surface area (Å²) in [4.78, 5) is 36.3. The SMILES string of the molecule is CC.CCCCCCCCCOC(=O)CCCCCCCC(=O)Oc1ccc(CC(=O)OCCC(CC)CCCCC)cc1.CCCS. The van der Waals surface area contributed by atoms with E-state index in [1.54, 1.807) is 12.1 Å². The van der Waals surface area contributed by atoms with Crippen molar-refractivity contribution in [3.8, 4) is 5.75 Å². The Bertz CT molecular complexity index is 855. The van der Waals surface area contributed by atoms with Crippen LogP contribution in [0.4, 0.5) is 0 Å². The molecule has 0 heterocycles. The van der Waals surface area contributed by atoms with Gasteiger partial charge in [0.1, 0.15) is 5.75 Å². The number of hydrogen-bond acceptors (Lipinski definition) is 7. The van der Waals surface area contributed by atoms with Gasteiger partial charge in [-0.1, -0.05) is 144 Å². The molecule has 0 spiro atoms. The van der Waals surface area contributed by atoms with Crippen LogP contribution in [0.25, 0.3) is 0 Å². The van der Waals surface area contributed by atoms with Crippen molar-refractivity contribution in [1.29, 1.82) is 0 Å². The van der Waals surface area contributed by atoms with Gasteiger partial charge in [0.15, 0.2) is 0 Å². The zero-order chi connectivity index (χ0) is 36.1. The van der Waals surface area contributed by atoms with Gasteiger partial charge in [0.05, 0.1) is 19.6 Å². The smallest absolute Gasteiger partial charge is 0.311 e. The molecule has 1 aromatic rings. The molecule has 0 saturated heterocycles. The standard InChI is InChI=1S/C36H60O6.C3H8S.C2H6/c1-4-7-9-10-11-15-19-28-40-34(37)21-17-13-12-14-18-22-35(38)42-33-25-23-32(24-26-33)30-36(39)41-29-27-31(6-3)20-16-8-5-2;1-2-3-4;1-2/h23-26,31H,4-22,27-30H2,1-3H3;4H,2-3H2,1H3;1-2H3. The molecule has 1 rings (SSSR count). The number of hydrogen-bond donors (Lipinski definition) is 1. The summed E-state index contributed by atoms with van der Waals surface area (Å²) in [6.45, 7) is 13.8. The van der Waals surface area contributed by atoms with Gasteiger partial charge in [-0.25, -0.2) is 0 Å². The van der Waals surface area contributed by atoms with E-state index < -0.39 is 0 Å². The Morgan fingerprint density at radius 3 is 1.65 bits per heavy atom. The molecule has 1 unspecified atom stereocenters. The maximum atomic E-state index is 12.2. The number of carbonyl (C=O) groups excluding carboxylic acids is 3. The maximum absolute atomic E-state index is 12.2. The highest BCUT2D eigenvalue weighted by Gasteiger charge is 2.11. The molecule has 48 heavy (non-hydrogen) atoms. The highest BCUT2D eigenvalue weighted by Crippen LogP contribution is 2.18. The van der Waals surface area contributed by atoms with E-state index in [4.69, 9.17) is 14.2 Å². The molecule has 0 amide bonds. The van der Waals surface area contributed by atoms with Crippen LogP contribution < -0.4 is 4.74 Å². The maximum Gasteiger partial charge on any atom is 0.311 e. The van der Waals surface area contributed by atoms with E-state index in [-0.39, 0.29) is 24.3 Å². The van der Waals surface area contributed by atoms with Crippen molar-refractivity contribution in [1.82, 2.24) is 0 Å². The molecule has 0 N–H and O–H groups in total. The zero-order valence-corrected chi connectivity index (χ0v) is 32.9. The molecule has 280 valence electrons. The van der Waals surface area contributed by atoms with Crippen molar-refractivity contribution in [3.63, 3.8) is 0 Å². The largest absolute Gasteiger partial charge is 0.466 e. The van der Waals surface area contributed by atoms with Crippen LogP contribution in [-0.2, 0) is 30.3 Å². The van der Waals surface area contributed by atoms with Crippen molar-refractivity contribution in [2.45, 2.75) is 183 Å². The monoisotopic (exact) mass is 695 g/mol. The molecule has 0 radical (unpaired) electrons. The first-order chi connectivity index (χ1) is 23.4. The second kappa shape index (κ2) is 37.8. The van der Waals surface area contributed by atoms with Crippen molar-refractivity contribution in [2.75, 3.05) is 19.0 Å². The average Bonchev–Trinajstić information content (AvgIpc) is 3.10. The zero-order valence-electron chi connectivity index (χ0n) is 32.0. The fourth-order valence-electron chi connectivity index (χ4n) is 5.04. The second-order valence-electron chi connectivity index (χ2n) is 12.4. The van der Waals surface area contributed by atoms with E-state index in [9.17, 15) is 14.4 Å². The Kier molecular flexibility index (Phi) is 37.9. The van der Waals surface area contributed by atoms with Gasteiger partial charge < -0.3 is 14.2 Å². The van der Waals surface area contributed by atoms with Crippen LogP contribution in [-0.4, -0.2) is 36.9 Å². The molecule has 1 aromatic carbocycles. The molecule has 0 aliphatic carbocycles. The third-order valence-corrected chi connectivity index (χ3v) is 8.53. The highest BCUT2D eigenvalue weighted by atomic mass is 32.1. The number of rotatable bonds is 28. The summed E-state index contributed by atoms with van der Waals surface area (Å²) in [6, 6.07) is 7.08. The highest BCUT2D eigenvalue weighted by molar-refractivity contribution is 7.80. The van der Waals surface area contributed by atoms with Crippen LogP contribution >= 0.6 is 12.6 Å². The lowest BCUT2D eigenvalue weighted by Crippen LogP contribution is -2.12. The van der Waals surface area contributed by atoms with E-state index in [1.807, 2.05) is 26.0 Å². The Hall–Kier alpha value is -2.02. The van der Waals surface area contributed by atoms with Crippen molar-refractivity contribution < 1.29 is 28.6 Å². The van der Waals surface area contributed by atoms with Crippen LogP contribution in [0.2, 0.25) is 0 Å². The van der Waals surface area contributed by atoms with Crippen molar-refractivity contribution in [2.24, 2.45) is 5.92 Å². The lowest BCUT2D eigenvalue weighted by molar-refractivity contribution is -0.144. The lowest BCUT2D eigenvalue weighted by atomic mass is 9.96. The molecule has 0 aliphatic heterocycles. The van der Waals surface area contributed by atoms with Gasteiger partial charge in [-0.05, 0) is 61.5 Å². The van der Waals surface area contributed by atoms with E-state index >= 15 is 0 Å². The number of unbranched alkanes of at least 4 members (excludes halogenated alkanes) is 12. The first kappa shape index (κ1) is 48.1. The van der Waals surface area contributed by atoms with Crippen LogP contribution in [0, 0.1) is 5.92 Å². The lowest BCUT2D eigenvalue weighted by Gasteiger charge is -2.14. The van der Waals surface area contributed by atoms with Gasteiger partial charge in [0, 0.05) is 12.8 Å². The number of benzene rings is 1. The second-order valence-corrected chi connectivity index (χ2v) is 12.9. The van der Waals surface area contributed by atoms with Gasteiger partial charge in [-0.15, -0.1) is 0 Å². The van der Waals surface area contributed by atoms with Crippen LogP contribution in [0.15, 0.2) is 24.3 Å². The summed E-state index contributed by atoms with van der Waals surface area (Å²) < 4.78 is 16.2. The van der Waals surface area contributed by atoms with E-state index in [1.165, 1.54) is 64.2 Å². The predicted octanol–water partition coefficient (Wildman–Crippen LogP) is 12.1. The number of ether oxygens (including phenoxy) is 3. The third-order valence-electron chi connectivity index (χ3n) is 8.08. The van der Waals surface area contributed by atoms with E-state index in [0.29, 0.717) is 37.7 Å². The number of esters is 3. The van der Waals surface area contributed by atoms with Gasteiger partial charge in [-0.3, -0.25) is 14.4 Å². The van der Waals surface area contributed by atoms with Crippen molar-refractivity contribution >= 4 is 30.5 Å². The summed E-state index contributed by atoms with van der Waals surface area (Å²) in [5.74, 6) is 1.57. The molecular formula is C41H74O6S. The summed E-state index contributed by atoms with van der Waals surface area (Å²) in [5.41, 5.74) is 0.844. The van der Waals surface area contributed by atoms with Crippen LogP contribution in [0.5, 0.6) is 5.75 Å². The Labute approximate surface area is 301 Å². The summed E-state index contributed by atoms with van der Waals surface area (Å²) in [6.07, 6.45) is 22.2. The van der Waals surface area contributed by atoms with Gasteiger partial charge in [0.25, 0.3) is 0 Å². The third kappa shape index (κ3) is 32.5. The Morgan fingerprint density at radius 1 is 0.583 bits per heavy atom. The molecule has 0 bridgehead atoms. The Balaban J connectivity index is 0. The number of thiol groups is 1. The number of carbonyl (C=O) groups is 3. The van der Waals surface area contributed by atoms with Gasteiger partial charge in [-0.2, -0.15) is 12.6 Å². The fraction of sp³-hybridized carbons (Fsp3) is 0.780. The Morgan fingerprint density at radius 2 is 1.08 bits per heavy atom. The molecule has 0 aliphatic rings. The topological polar surface area (TPSA) is 78.9 Å². The minimum atomic E-state index is -0.250. The first-order valence-electron chi connectivity index (χ1n) is 19.6. The summed E-state index contributed by atoms with van der Waals surface area (Å²) in [7, 11) is 0. The molecule has 7 heteroatoms. The van der Waals surface area contributed by atoms with Gasteiger partial charge in [0.2, 0.25) is 0 Å².